The first-order valence-electron chi connectivity index (χ1n) is 6.15. The van der Waals surface area contributed by atoms with Gasteiger partial charge < -0.3 is 5.32 Å². The Morgan fingerprint density at radius 3 is 2.07 bits per heavy atom. The Morgan fingerprint density at radius 1 is 0.933 bits per heavy atom. The molecule has 0 aliphatic heterocycles. The van der Waals surface area contributed by atoms with Crippen LogP contribution < -0.4 is 5.32 Å². The molecular formula is C14H23N. The molecule has 0 aliphatic carbocycles. The van der Waals surface area contributed by atoms with Crippen molar-refractivity contribution in [2.24, 2.45) is 0 Å². The molecular weight excluding hydrogens is 182 g/mol. The molecule has 0 amide bonds. The predicted molar refractivity (Wildman–Crippen MR) is 67.3 cm³/mol. The number of nitrogens with one attached hydrogen (secondary N) is 1. The summed E-state index contributed by atoms with van der Waals surface area (Å²) < 4.78 is 0. The maximum atomic E-state index is 3.35. The van der Waals surface area contributed by atoms with E-state index in [1.165, 1.54) is 36.8 Å². The van der Waals surface area contributed by atoms with Gasteiger partial charge in [-0.05, 0) is 43.5 Å². The summed E-state index contributed by atoms with van der Waals surface area (Å²) in [6.07, 6.45) is 4.87. The highest BCUT2D eigenvalue weighted by Crippen LogP contribution is 2.08. The van der Waals surface area contributed by atoms with Crippen molar-refractivity contribution in [1.29, 1.82) is 0 Å². The summed E-state index contributed by atoms with van der Waals surface area (Å²) in [5.41, 5.74) is 2.93. The highest BCUT2D eigenvalue weighted by Gasteiger charge is 1.94. The minimum Gasteiger partial charge on any atom is -0.317 e. The second-order valence-corrected chi connectivity index (χ2v) is 4.02. The molecule has 1 nitrogen and oxygen atoms in total. The third kappa shape index (κ3) is 4.98. The van der Waals surface area contributed by atoms with Gasteiger partial charge >= 0.3 is 0 Å². The Balaban J connectivity index is 2.29. The maximum absolute atomic E-state index is 3.35. The van der Waals surface area contributed by atoms with Gasteiger partial charge in [0.2, 0.25) is 0 Å². The molecule has 0 fully saturated rings. The molecule has 0 heterocycles. The van der Waals surface area contributed by atoms with Crippen molar-refractivity contribution in [1.82, 2.24) is 5.32 Å². The van der Waals surface area contributed by atoms with Crippen molar-refractivity contribution < 1.29 is 0 Å². The van der Waals surface area contributed by atoms with Crippen LogP contribution in [0.1, 0.15) is 37.8 Å². The van der Waals surface area contributed by atoms with Crippen LogP contribution in [0.2, 0.25) is 0 Å². The van der Waals surface area contributed by atoms with Gasteiger partial charge in [0.15, 0.2) is 0 Å². The smallest absolute Gasteiger partial charge is 0.00459 e. The van der Waals surface area contributed by atoms with Gasteiger partial charge in [0, 0.05) is 0 Å². The van der Waals surface area contributed by atoms with Gasteiger partial charge in [-0.2, -0.15) is 0 Å². The molecule has 0 atom stereocenters. The first-order valence-corrected chi connectivity index (χ1v) is 6.15. The highest BCUT2D eigenvalue weighted by molar-refractivity contribution is 5.22. The molecule has 0 unspecified atom stereocenters. The lowest BCUT2D eigenvalue weighted by Crippen LogP contribution is -2.14. The zero-order valence-corrected chi connectivity index (χ0v) is 10.1. The molecule has 15 heavy (non-hydrogen) atoms. The Hall–Kier alpha value is -0.820. The van der Waals surface area contributed by atoms with Gasteiger partial charge in [-0.15, -0.1) is 0 Å². The van der Waals surface area contributed by atoms with E-state index in [2.05, 4.69) is 43.4 Å². The fraction of sp³-hybridized carbons (Fsp3) is 0.571. The van der Waals surface area contributed by atoms with Crippen molar-refractivity contribution in [3.63, 3.8) is 0 Å². The van der Waals surface area contributed by atoms with Gasteiger partial charge in [-0.1, -0.05) is 44.5 Å². The monoisotopic (exact) mass is 205 g/mol. The van der Waals surface area contributed by atoms with Crippen molar-refractivity contribution >= 4 is 0 Å². The van der Waals surface area contributed by atoms with Crippen LogP contribution in [0.25, 0.3) is 0 Å². The summed E-state index contributed by atoms with van der Waals surface area (Å²) in [6, 6.07) is 9.09. The number of hydrogen-bond acceptors (Lipinski definition) is 1. The summed E-state index contributed by atoms with van der Waals surface area (Å²) in [4.78, 5) is 0. The van der Waals surface area contributed by atoms with E-state index in [1.54, 1.807) is 0 Å². The third-order valence-electron chi connectivity index (χ3n) is 2.63. The van der Waals surface area contributed by atoms with Gasteiger partial charge in [0.1, 0.15) is 0 Å². The summed E-state index contributed by atoms with van der Waals surface area (Å²) in [5.74, 6) is 0. The lowest BCUT2D eigenvalue weighted by atomic mass is 10.0. The first kappa shape index (κ1) is 12.3. The third-order valence-corrected chi connectivity index (χ3v) is 2.63. The predicted octanol–water partition coefficient (Wildman–Crippen LogP) is 3.18. The van der Waals surface area contributed by atoms with Crippen molar-refractivity contribution in [2.45, 2.75) is 39.5 Å². The van der Waals surface area contributed by atoms with Crippen LogP contribution in [0.4, 0.5) is 0 Å². The minimum atomic E-state index is 1.08. The van der Waals surface area contributed by atoms with Crippen LogP contribution in [0.3, 0.4) is 0 Å². The SMILES string of the molecule is CCCc1ccc(CCCNCC)cc1. The van der Waals surface area contributed by atoms with Crippen molar-refractivity contribution in [3.05, 3.63) is 35.4 Å². The molecule has 84 valence electrons. The number of rotatable bonds is 7. The average molecular weight is 205 g/mol. The lowest BCUT2D eigenvalue weighted by Gasteiger charge is -2.04. The summed E-state index contributed by atoms with van der Waals surface area (Å²) in [6.45, 7) is 6.59. The van der Waals surface area contributed by atoms with E-state index in [4.69, 9.17) is 0 Å². The van der Waals surface area contributed by atoms with Crippen LogP contribution >= 0.6 is 0 Å². The van der Waals surface area contributed by atoms with E-state index in [-0.39, 0.29) is 0 Å². The Morgan fingerprint density at radius 2 is 1.53 bits per heavy atom. The Labute approximate surface area is 93.9 Å². The van der Waals surface area contributed by atoms with E-state index in [9.17, 15) is 0 Å². The zero-order chi connectivity index (χ0) is 10.9. The standard InChI is InChI=1S/C14H23N/c1-3-6-13-8-10-14(11-9-13)7-5-12-15-4-2/h8-11,15H,3-7,12H2,1-2H3. The second kappa shape index (κ2) is 7.47. The van der Waals surface area contributed by atoms with Crippen LogP contribution in [0, 0.1) is 0 Å². The maximum Gasteiger partial charge on any atom is -0.00459 e. The van der Waals surface area contributed by atoms with E-state index >= 15 is 0 Å². The Bertz CT molecular complexity index is 251. The molecule has 1 rings (SSSR count). The molecule has 1 aromatic rings. The normalized spacial score (nSPS) is 10.5. The van der Waals surface area contributed by atoms with Gasteiger partial charge in [-0.25, -0.2) is 0 Å². The van der Waals surface area contributed by atoms with Gasteiger partial charge in [-0.3, -0.25) is 0 Å². The molecule has 0 spiro atoms. The van der Waals surface area contributed by atoms with Crippen molar-refractivity contribution in [3.8, 4) is 0 Å². The molecule has 0 aliphatic rings. The molecule has 0 saturated heterocycles. The van der Waals surface area contributed by atoms with Crippen molar-refractivity contribution in [2.75, 3.05) is 13.1 Å². The van der Waals surface area contributed by atoms with Gasteiger partial charge in [0.05, 0.1) is 0 Å². The van der Waals surface area contributed by atoms with E-state index in [0.717, 1.165) is 13.1 Å². The highest BCUT2D eigenvalue weighted by atomic mass is 14.8. The number of aryl methyl sites for hydroxylation is 2. The van der Waals surface area contributed by atoms with Crippen LogP contribution in [-0.2, 0) is 12.8 Å². The van der Waals surface area contributed by atoms with E-state index in [1.807, 2.05) is 0 Å². The van der Waals surface area contributed by atoms with E-state index < -0.39 is 0 Å². The molecule has 1 N–H and O–H groups in total. The number of hydrogen-bond donors (Lipinski definition) is 1. The minimum absolute atomic E-state index is 1.08. The summed E-state index contributed by atoms with van der Waals surface area (Å²) in [7, 11) is 0. The topological polar surface area (TPSA) is 12.0 Å². The molecule has 0 aromatic heterocycles. The molecule has 1 aromatic carbocycles. The quantitative estimate of drug-likeness (QED) is 0.674. The first-order chi connectivity index (χ1) is 7.36. The second-order valence-electron chi connectivity index (χ2n) is 4.02. The lowest BCUT2D eigenvalue weighted by molar-refractivity contribution is 0.672. The molecule has 0 bridgehead atoms. The van der Waals surface area contributed by atoms with Crippen LogP contribution in [0.15, 0.2) is 24.3 Å². The molecule has 1 heteroatoms. The zero-order valence-electron chi connectivity index (χ0n) is 10.1. The molecule has 0 radical (unpaired) electrons. The summed E-state index contributed by atoms with van der Waals surface area (Å²) >= 11 is 0. The number of benzene rings is 1. The van der Waals surface area contributed by atoms with E-state index in [0.29, 0.717) is 0 Å². The Kier molecular flexibility index (Phi) is 6.10. The fourth-order valence-corrected chi connectivity index (χ4v) is 1.76. The van der Waals surface area contributed by atoms with Crippen LogP contribution in [-0.4, -0.2) is 13.1 Å². The van der Waals surface area contributed by atoms with Gasteiger partial charge in [0.25, 0.3) is 0 Å². The summed E-state index contributed by atoms with van der Waals surface area (Å²) in [5, 5.41) is 3.35. The van der Waals surface area contributed by atoms with Crippen LogP contribution in [0.5, 0.6) is 0 Å². The average Bonchev–Trinajstić information content (AvgIpc) is 2.27. The molecule has 0 saturated carbocycles. The largest absolute Gasteiger partial charge is 0.317 e. The fourth-order valence-electron chi connectivity index (χ4n) is 1.76.